The van der Waals surface area contributed by atoms with Crippen molar-refractivity contribution in [1.29, 1.82) is 0 Å². The number of hydrogen-bond acceptors (Lipinski definition) is 5. The summed E-state index contributed by atoms with van der Waals surface area (Å²) in [7, 11) is 1.99. The molecule has 3 aromatic rings. The summed E-state index contributed by atoms with van der Waals surface area (Å²) in [6.45, 7) is 3.11. The molecule has 3 heterocycles. The maximum absolute atomic E-state index is 13.4. The summed E-state index contributed by atoms with van der Waals surface area (Å²) in [5, 5.41) is 14.0. The fourth-order valence-corrected chi connectivity index (χ4v) is 5.25. The number of halogens is 2. The van der Waals surface area contributed by atoms with Crippen LogP contribution in [-0.4, -0.2) is 49.7 Å². The van der Waals surface area contributed by atoms with Gasteiger partial charge in [0.1, 0.15) is 5.78 Å². The normalized spacial score (nSPS) is 19.5. The van der Waals surface area contributed by atoms with Crippen molar-refractivity contribution < 1.29 is 13.6 Å². The van der Waals surface area contributed by atoms with Gasteiger partial charge in [-0.2, -0.15) is 15.3 Å². The number of aromatic nitrogens is 4. The second kappa shape index (κ2) is 9.49. The smallest absolute Gasteiger partial charge is 0.248 e. The third-order valence-corrected chi connectivity index (χ3v) is 7.36. The Morgan fingerprint density at radius 3 is 2.62 bits per heavy atom. The number of fused-ring (bicyclic) bond motifs is 1. The van der Waals surface area contributed by atoms with E-state index >= 15 is 0 Å². The zero-order chi connectivity index (χ0) is 23.7. The number of Topliss-reactive ketones (excluding diaryl/α,β-unsaturated/α-hetero) is 1. The first-order valence-electron chi connectivity index (χ1n) is 12.3. The van der Waals surface area contributed by atoms with Crippen LogP contribution in [0.25, 0.3) is 22.0 Å². The summed E-state index contributed by atoms with van der Waals surface area (Å²) >= 11 is 0. The number of hydrogen-bond donors (Lipinski definition) is 0. The van der Waals surface area contributed by atoms with Crippen LogP contribution >= 0.6 is 0 Å². The van der Waals surface area contributed by atoms with Gasteiger partial charge < -0.3 is 0 Å². The molecule has 6 nitrogen and oxygen atoms in total. The molecule has 1 aromatic carbocycles. The Morgan fingerprint density at radius 1 is 1.09 bits per heavy atom. The molecule has 0 unspecified atom stereocenters. The molecule has 2 fully saturated rings. The molecule has 1 saturated heterocycles. The van der Waals surface area contributed by atoms with E-state index in [9.17, 15) is 13.6 Å². The van der Waals surface area contributed by atoms with Crippen LogP contribution in [0.1, 0.15) is 56.3 Å². The summed E-state index contributed by atoms with van der Waals surface area (Å²) in [4.78, 5) is 15.2. The second-order valence-corrected chi connectivity index (χ2v) is 9.85. The molecule has 0 N–H and O–H groups in total. The van der Waals surface area contributed by atoms with E-state index < -0.39 is 5.92 Å². The van der Waals surface area contributed by atoms with E-state index in [-0.39, 0.29) is 43.8 Å². The van der Waals surface area contributed by atoms with Crippen LogP contribution < -0.4 is 0 Å². The zero-order valence-corrected chi connectivity index (χ0v) is 19.6. The van der Waals surface area contributed by atoms with Crippen molar-refractivity contribution in [2.45, 2.75) is 63.8 Å². The minimum atomic E-state index is -2.63. The van der Waals surface area contributed by atoms with E-state index in [1.807, 2.05) is 36.1 Å². The number of ketones is 1. The Hall–Kier alpha value is -2.74. The maximum Gasteiger partial charge on any atom is 0.248 e. The highest BCUT2D eigenvalue weighted by atomic mass is 19.3. The summed E-state index contributed by atoms with van der Waals surface area (Å²) < 4.78 is 28.8. The molecule has 1 aliphatic carbocycles. The molecule has 1 saturated carbocycles. The molecule has 0 spiro atoms. The largest absolute Gasteiger partial charge is 0.299 e. The molecule has 5 rings (SSSR count). The lowest BCUT2D eigenvalue weighted by atomic mass is 9.83. The van der Waals surface area contributed by atoms with Gasteiger partial charge in [0.15, 0.2) is 0 Å². The minimum Gasteiger partial charge on any atom is -0.299 e. The van der Waals surface area contributed by atoms with Gasteiger partial charge in [-0.05, 0) is 62.5 Å². The minimum absolute atomic E-state index is 0.0172. The highest BCUT2D eigenvalue weighted by Crippen LogP contribution is 2.37. The lowest BCUT2D eigenvalue weighted by Crippen LogP contribution is -2.30. The van der Waals surface area contributed by atoms with Crippen molar-refractivity contribution in [3.63, 3.8) is 0 Å². The maximum atomic E-state index is 13.4. The second-order valence-electron chi connectivity index (χ2n) is 9.85. The molecule has 0 amide bonds. The average molecular weight is 468 g/mol. The average Bonchev–Trinajstić information content (AvgIpc) is 3.19. The number of piperidine rings is 1. The van der Waals surface area contributed by atoms with Gasteiger partial charge in [0.25, 0.3) is 0 Å². The summed E-state index contributed by atoms with van der Waals surface area (Å²) in [5.74, 6) is -2.96. The Morgan fingerprint density at radius 2 is 1.85 bits per heavy atom. The molecule has 2 aliphatic rings. The van der Waals surface area contributed by atoms with E-state index in [0.717, 1.165) is 41.7 Å². The van der Waals surface area contributed by atoms with Crippen LogP contribution in [-0.2, 0) is 24.8 Å². The van der Waals surface area contributed by atoms with Gasteiger partial charge >= 0.3 is 0 Å². The SMILES string of the molecule is Cn1ncc(-c2ccc3nnc(CC(=O)C4CCC(F)(F)CC4)cc3c2)c1CN1CCCCC1. The quantitative estimate of drug-likeness (QED) is 0.513. The zero-order valence-electron chi connectivity index (χ0n) is 19.6. The van der Waals surface area contributed by atoms with E-state index in [1.165, 1.54) is 25.0 Å². The number of alkyl halides is 2. The van der Waals surface area contributed by atoms with Gasteiger partial charge in [-0.15, -0.1) is 0 Å². The summed E-state index contributed by atoms with van der Waals surface area (Å²) in [6.07, 6.45) is 5.92. The van der Waals surface area contributed by atoms with E-state index in [2.05, 4.69) is 26.3 Å². The Balaban J connectivity index is 1.35. The Kier molecular flexibility index (Phi) is 6.42. The van der Waals surface area contributed by atoms with E-state index in [1.54, 1.807) is 0 Å². The van der Waals surface area contributed by atoms with Crippen molar-refractivity contribution in [1.82, 2.24) is 24.9 Å². The molecule has 2 aromatic heterocycles. The third-order valence-electron chi connectivity index (χ3n) is 7.36. The molecule has 0 bridgehead atoms. The van der Waals surface area contributed by atoms with Gasteiger partial charge in [-0.3, -0.25) is 14.4 Å². The van der Waals surface area contributed by atoms with Crippen LogP contribution in [0.5, 0.6) is 0 Å². The Labute approximate surface area is 198 Å². The Bertz CT molecular complexity index is 1180. The molecule has 180 valence electrons. The number of nitrogens with zero attached hydrogens (tertiary/aromatic N) is 5. The number of aryl methyl sites for hydroxylation is 1. The van der Waals surface area contributed by atoms with Crippen molar-refractivity contribution >= 4 is 16.7 Å². The van der Waals surface area contributed by atoms with Crippen LogP contribution in [0.3, 0.4) is 0 Å². The molecule has 34 heavy (non-hydrogen) atoms. The molecule has 1 aliphatic heterocycles. The van der Waals surface area contributed by atoms with Gasteiger partial charge in [-0.1, -0.05) is 12.5 Å². The topological polar surface area (TPSA) is 63.9 Å². The van der Waals surface area contributed by atoms with Gasteiger partial charge in [0.2, 0.25) is 5.92 Å². The fraction of sp³-hybridized carbons (Fsp3) is 0.538. The van der Waals surface area contributed by atoms with Gasteiger partial charge in [0.05, 0.1) is 29.5 Å². The fourth-order valence-electron chi connectivity index (χ4n) is 5.25. The first-order chi connectivity index (χ1) is 16.4. The summed E-state index contributed by atoms with van der Waals surface area (Å²) in [5.41, 5.74) is 4.71. The number of rotatable bonds is 6. The molecule has 0 atom stereocenters. The van der Waals surface area contributed by atoms with Crippen LogP contribution in [0.4, 0.5) is 8.78 Å². The first kappa shape index (κ1) is 23.0. The van der Waals surface area contributed by atoms with Crippen LogP contribution in [0.15, 0.2) is 30.5 Å². The number of benzene rings is 1. The van der Waals surface area contributed by atoms with Crippen LogP contribution in [0, 0.1) is 5.92 Å². The number of carbonyl (C=O) groups excluding carboxylic acids is 1. The van der Waals surface area contributed by atoms with Crippen molar-refractivity contribution in [3.8, 4) is 11.1 Å². The van der Waals surface area contributed by atoms with Gasteiger partial charge in [0, 0.05) is 43.3 Å². The first-order valence-corrected chi connectivity index (χ1v) is 12.3. The predicted octanol–water partition coefficient (Wildman–Crippen LogP) is 4.95. The highest BCUT2D eigenvalue weighted by molar-refractivity contribution is 5.87. The van der Waals surface area contributed by atoms with Gasteiger partial charge in [-0.25, -0.2) is 8.78 Å². The lowest BCUT2D eigenvalue weighted by Gasteiger charge is -2.27. The van der Waals surface area contributed by atoms with E-state index in [4.69, 9.17) is 0 Å². The standard InChI is InChI=1S/C26H31F2N5O/c1-32-24(17-33-11-3-2-4-12-33)22(16-29-32)19-5-6-23-20(13-19)14-21(30-31-23)15-25(34)18-7-9-26(27,28)10-8-18/h5-6,13-14,16,18H,2-4,7-12,15,17H2,1H3. The molecule has 0 radical (unpaired) electrons. The number of likely N-dealkylation sites (tertiary alicyclic amines) is 1. The van der Waals surface area contributed by atoms with E-state index in [0.29, 0.717) is 5.69 Å². The molecular weight excluding hydrogens is 436 g/mol. The van der Waals surface area contributed by atoms with Crippen molar-refractivity contribution in [3.05, 3.63) is 41.9 Å². The van der Waals surface area contributed by atoms with Crippen molar-refractivity contribution in [2.24, 2.45) is 13.0 Å². The van der Waals surface area contributed by atoms with Crippen molar-refractivity contribution in [2.75, 3.05) is 13.1 Å². The highest BCUT2D eigenvalue weighted by Gasteiger charge is 2.37. The van der Waals surface area contributed by atoms with Crippen LogP contribution in [0.2, 0.25) is 0 Å². The lowest BCUT2D eigenvalue weighted by molar-refractivity contribution is -0.126. The summed E-state index contributed by atoms with van der Waals surface area (Å²) in [6, 6.07) is 7.97. The molecule has 8 heteroatoms. The third kappa shape index (κ3) is 5.02. The predicted molar refractivity (Wildman–Crippen MR) is 126 cm³/mol. The monoisotopic (exact) mass is 467 g/mol. The molecular formula is C26H31F2N5O. The number of carbonyl (C=O) groups is 1.